The van der Waals surface area contributed by atoms with E-state index in [-0.39, 0.29) is 18.1 Å². The van der Waals surface area contributed by atoms with Gasteiger partial charge in [0.05, 0.1) is 6.04 Å². The molecule has 0 fully saturated rings. The molecule has 10 N–H and O–H groups in total. The summed E-state index contributed by atoms with van der Waals surface area (Å²) in [6.07, 6.45) is 1.08. The maximum Gasteiger partial charge on any atom is 0.240 e. The standard InChI is InChI=1S/C15H24N6O3/c16-11(8-9-3-5-10(22)6-4-9)14(24)21-12(13(17)23)2-1-7-20-15(18)19/h3-6,11-12,22H,1-2,7-8,16H2,(H2,17,23)(H,21,24)(H4,18,19,20). The van der Waals surface area contributed by atoms with E-state index in [9.17, 15) is 14.7 Å². The molecule has 132 valence electrons. The first-order chi connectivity index (χ1) is 11.3. The molecule has 0 spiro atoms. The number of aromatic hydroxyl groups is 1. The van der Waals surface area contributed by atoms with E-state index in [0.29, 0.717) is 19.4 Å². The van der Waals surface area contributed by atoms with Crippen molar-refractivity contribution in [1.29, 1.82) is 5.41 Å². The van der Waals surface area contributed by atoms with Crippen LogP contribution in [0.2, 0.25) is 0 Å². The minimum Gasteiger partial charge on any atom is -0.508 e. The molecule has 1 rings (SSSR count). The van der Waals surface area contributed by atoms with Gasteiger partial charge in [0.2, 0.25) is 11.8 Å². The third-order valence-electron chi connectivity index (χ3n) is 3.37. The van der Waals surface area contributed by atoms with Crippen LogP contribution < -0.4 is 27.8 Å². The van der Waals surface area contributed by atoms with Gasteiger partial charge in [0.15, 0.2) is 5.96 Å². The Morgan fingerprint density at radius 2 is 1.83 bits per heavy atom. The predicted octanol–water partition coefficient (Wildman–Crippen LogP) is -1.50. The van der Waals surface area contributed by atoms with E-state index in [0.717, 1.165) is 5.56 Å². The number of phenols is 1. The van der Waals surface area contributed by atoms with Crippen molar-refractivity contribution in [3.8, 4) is 5.75 Å². The van der Waals surface area contributed by atoms with Gasteiger partial charge in [-0.05, 0) is 37.0 Å². The summed E-state index contributed by atoms with van der Waals surface area (Å²) in [5.74, 6) is -1.16. The predicted molar refractivity (Wildman–Crippen MR) is 90.1 cm³/mol. The molecule has 9 heteroatoms. The van der Waals surface area contributed by atoms with Crippen LogP contribution >= 0.6 is 0 Å². The molecule has 0 aliphatic heterocycles. The fourth-order valence-corrected chi connectivity index (χ4v) is 2.07. The van der Waals surface area contributed by atoms with Gasteiger partial charge in [-0.15, -0.1) is 0 Å². The van der Waals surface area contributed by atoms with Crippen molar-refractivity contribution in [2.75, 3.05) is 6.54 Å². The van der Waals surface area contributed by atoms with E-state index in [2.05, 4.69) is 10.6 Å². The third-order valence-corrected chi connectivity index (χ3v) is 3.37. The number of nitrogens with two attached hydrogens (primary N) is 3. The van der Waals surface area contributed by atoms with Crippen molar-refractivity contribution < 1.29 is 14.7 Å². The molecule has 0 aliphatic rings. The second kappa shape index (κ2) is 9.36. The van der Waals surface area contributed by atoms with Crippen LogP contribution in [0.4, 0.5) is 0 Å². The number of guanidine groups is 1. The van der Waals surface area contributed by atoms with Gasteiger partial charge >= 0.3 is 0 Å². The van der Waals surface area contributed by atoms with Crippen molar-refractivity contribution in [3.05, 3.63) is 29.8 Å². The highest BCUT2D eigenvalue weighted by molar-refractivity contribution is 5.89. The van der Waals surface area contributed by atoms with E-state index in [1.54, 1.807) is 12.1 Å². The molecule has 0 saturated heterocycles. The topological polar surface area (TPSA) is 180 Å². The summed E-state index contributed by atoms with van der Waals surface area (Å²) in [6, 6.07) is 4.68. The summed E-state index contributed by atoms with van der Waals surface area (Å²) in [7, 11) is 0. The number of carbonyl (C=O) groups excluding carboxylic acids is 2. The van der Waals surface area contributed by atoms with Gasteiger partial charge in [0, 0.05) is 6.54 Å². The summed E-state index contributed by atoms with van der Waals surface area (Å²) in [4.78, 5) is 23.5. The Morgan fingerprint density at radius 3 is 2.38 bits per heavy atom. The molecule has 24 heavy (non-hydrogen) atoms. The van der Waals surface area contributed by atoms with Crippen LogP contribution in [0.15, 0.2) is 24.3 Å². The lowest BCUT2D eigenvalue weighted by molar-refractivity contribution is -0.128. The number of hydrogen-bond donors (Lipinski definition) is 7. The Bertz CT molecular complexity index is 575. The molecular weight excluding hydrogens is 312 g/mol. The molecular formula is C15H24N6O3. The highest BCUT2D eigenvalue weighted by Crippen LogP contribution is 2.11. The van der Waals surface area contributed by atoms with Gasteiger partial charge in [-0.25, -0.2) is 0 Å². The van der Waals surface area contributed by atoms with Crippen molar-refractivity contribution in [1.82, 2.24) is 10.6 Å². The second-order valence-corrected chi connectivity index (χ2v) is 5.42. The Hall–Kier alpha value is -2.81. The van der Waals surface area contributed by atoms with E-state index < -0.39 is 23.9 Å². The maximum absolute atomic E-state index is 12.1. The molecule has 2 amide bonds. The summed E-state index contributed by atoms with van der Waals surface area (Å²) < 4.78 is 0. The molecule has 9 nitrogen and oxygen atoms in total. The molecule has 0 saturated carbocycles. The number of benzene rings is 1. The normalized spacial score (nSPS) is 12.9. The third kappa shape index (κ3) is 6.97. The van der Waals surface area contributed by atoms with Crippen molar-refractivity contribution in [2.24, 2.45) is 17.2 Å². The highest BCUT2D eigenvalue weighted by atomic mass is 16.3. The minimum atomic E-state index is -0.841. The smallest absolute Gasteiger partial charge is 0.240 e. The molecule has 0 aromatic heterocycles. The zero-order valence-corrected chi connectivity index (χ0v) is 13.3. The fraction of sp³-hybridized carbons (Fsp3) is 0.400. The summed E-state index contributed by atoms with van der Waals surface area (Å²) in [6.45, 7) is 0.397. The molecule has 0 aliphatic carbocycles. The first kappa shape index (κ1) is 19.2. The Labute approximate surface area is 140 Å². The summed E-state index contributed by atoms with van der Waals surface area (Å²) >= 11 is 0. The number of phenolic OH excluding ortho intramolecular Hbond substituents is 1. The number of nitrogens with one attached hydrogen (secondary N) is 3. The van der Waals surface area contributed by atoms with E-state index in [4.69, 9.17) is 22.6 Å². The van der Waals surface area contributed by atoms with Gasteiger partial charge in [0.1, 0.15) is 11.8 Å². The average molecular weight is 336 g/mol. The number of rotatable bonds is 9. The maximum atomic E-state index is 12.1. The van der Waals surface area contributed by atoms with Crippen LogP contribution in [0.25, 0.3) is 0 Å². The Balaban J connectivity index is 2.49. The summed E-state index contributed by atoms with van der Waals surface area (Å²) in [5.41, 5.74) is 17.1. The first-order valence-electron chi connectivity index (χ1n) is 7.50. The van der Waals surface area contributed by atoms with Crippen LogP contribution in [0.5, 0.6) is 5.75 Å². The highest BCUT2D eigenvalue weighted by Gasteiger charge is 2.21. The molecule has 0 bridgehead atoms. The summed E-state index contributed by atoms with van der Waals surface area (Å²) in [5, 5.41) is 21.4. The van der Waals surface area contributed by atoms with Gasteiger partial charge in [-0.3, -0.25) is 15.0 Å². The van der Waals surface area contributed by atoms with Gasteiger partial charge in [-0.2, -0.15) is 0 Å². The van der Waals surface area contributed by atoms with Crippen molar-refractivity contribution in [3.63, 3.8) is 0 Å². The number of carbonyl (C=O) groups is 2. The van der Waals surface area contributed by atoms with Gasteiger partial charge in [0.25, 0.3) is 0 Å². The SMILES string of the molecule is N=C(N)NCCCC(NC(=O)C(N)Cc1ccc(O)cc1)C(N)=O. The number of primary amides is 1. The van der Waals surface area contributed by atoms with Crippen LogP contribution in [-0.2, 0) is 16.0 Å². The lowest BCUT2D eigenvalue weighted by Crippen LogP contribution is -2.51. The molecule has 1 aromatic carbocycles. The lowest BCUT2D eigenvalue weighted by Gasteiger charge is -2.19. The second-order valence-electron chi connectivity index (χ2n) is 5.42. The minimum absolute atomic E-state index is 0.129. The van der Waals surface area contributed by atoms with E-state index >= 15 is 0 Å². The number of amides is 2. The van der Waals surface area contributed by atoms with Crippen LogP contribution in [-0.4, -0.2) is 41.5 Å². The molecule has 2 unspecified atom stereocenters. The largest absolute Gasteiger partial charge is 0.508 e. The van der Waals surface area contributed by atoms with Crippen LogP contribution in [0.1, 0.15) is 18.4 Å². The van der Waals surface area contributed by atoms with Gasteiger partial charge < -0.3 is 32.9 Å². The number of hydrogen-bond acceptors (Lipinski definition) is 5. The Kier molecular flexibility index (Phi) is 7.50. The molecule has 1 aromatic rings. The molecule has 0 radical (unpaired) electrons. The van der Waals surface area contributed by atoms with Gasteiger partial charge in [-0.1, -0.05) is 12.1 Å². The first-order valence-corrected chi connectivity index (χ1v) is 7.50. The molecule has 2 atom stereocenters. The average Bonchev–Trinajstić information content (AvgIpc) is 2.51. The lowest BCUT2D eigenvalue weighted by atomic mass is 10.0. The van der Waals surface area contributed by atoms with Crippen LogP contribution in [0, 0.1) is 5.41 Å². The zero-order valence-electron chi connectivity index (χ0n) is 13.3. The molecule has 0 heterocycles. The van der Waals surface area contributed by atoms with Crippen LogP contribution in [0.3, 0.4) is 0 Å². The zero-order chi connectivity index (χ0) is 18.1. The van der Waals surface area contributed by atoms with Crippen molar-refractivity contribution >= 4 is 17.8 Å². The van der Waals surface area contributed by atoms with E-state index in [1.165, 1.54) is 12.1 Å². The monoisotopic (exact) mass is 336 g/mol. The van der Waals surface area contributed by atoms with E-state index in [1.807, 2.05) is 0 Å². The Morgan fingerprint density at radius 1 is 1.21 bits per heavy atom. The quantitative estimate of drug-likeness (QED) is 0.163. The van der Waals surface area contributed by atoms with Crippen molar-refractivity contribution in [2.45, 2.75) is 31.3 Å². The fourth-order valence-electron chi connectivity index (χ4n) is 2.07.